The average Bonchev–Trinajstić information content (AvgIpc) is 3.49. The number of para-hydroxylation sites is 1. The highest BCUT2D eigenvalue weighted by Crippen LogP contribution is 2.42. The zero-order chi connectivity index (χ0) is 28.3. The molecule has 40 heavy (non-hydrogen) atoms. The Bertz CT molecular complexity index is 1740. The highest BCUT2D eigenvalue weighted by atomic mass is 32.2. The van der Waals surface area contributed by atoms with E-state index in [9.17, 15) is 13.5 Å². The molecule has 0 unspecified atom stereocenters. The molecule has 0 saturated carbocycles. The average molecular weight is 576 g/mol. The lowest BCUT2D eigenvalue weighted by atomic mass is 10.0. The van der Waals surface area contributed by atoms with Crippen LogP contribution in [0.2, 0.25) is 0 Å². The minimum Gasteiger partial charge on any atom is -0.857 e. The van der Waals surface area contributed by atoms with E-state index in [-0.39, 0.29) is 6.54 Å². The van der Waals surface area contributed by atoms with Crippen LogP contribution in [0.1, 0.15) is 25.3 Å². The Hall–Kier alpha value is -3.99. The van der Waals surface area contributed by atoms with Crippen LogP contribution in [-0.2, 0) is 21.0 Å². The van der Waals surface area contributed by atoms with E-state index in [4.69, 9.17) is 4.74 Å². The van der Waals surface area contributed by atoms with Gasteiger partial charge >= 0.3 is 10.3 Å². The normalized spacial score (nSPS) is 15.1. The van der Waals surface area contributed by atoms with Gasteiger partial charge in [0.15, 0.2) is 12.3 Å². The number of thiazole rings is 1. The molecule has 0 saturated heterocycles. The maximum Gasteiger partial charge on any atom is 0.379 e. The van der Waals surface area contributed by atoms with Gasteiger partial charge in [-0.3, -0.25) is 4.18 Å². The smallest absolute Gasteiger partial charge is 0.379 e. The molecule has 5 rings (SSSR count). The van der Waals surface area contributed by atoms with Crippen LogP contribution in [0.4, 0.5) is 5.69 Å². The summed E-state index contributed by atoms with van der Waals surface area (Å²) in [6.45, 7) is 4.62. The molecule has 1 aliphatic heterocycles. The van der Waals surface area contributed by atoms with Crippen LogP contribution >= 0.6 is 11.3 Å². The molecule has 1 aliphatic rings. The van der Waals surface area contributed by atoms with E-state index in [0.717, 1.165) is 62.9 Å². The monoisotopic (exact) mass is 575 g/mol. The van der Waals surface area contributed by atoms with E-state index >= 15 is 0 Å². The van der Waals surface area contributed by atoms with Gasteiger partial charge in [0.25, 0.3) is 5.01 Å². The fourth-order valence-electron chi connectivity index (χ4n) is 4.56. The molecule has 206 valence electrons. The zero-order valence-electron chi connectivity index (χ0n) is 22.4. The third kappa shape index (κ3) is 5.79. The maximum atomic E-state index is 12.6. The van der Waals surface area contributed by atoms with Crippen molar-refractivity contribution in [3.63, 3.8) is 0 Å². The van der Waals surface area contributed by atoms with Gasteiger partial charge in [-0.2, -0.15) is 17.4 Å². The van der Waals surface area contributed by atoms with Crippen molar-refractivity contribution in [2.24, 2.45) is 4.40 Å². The van der Waals surface area contributed by atoms with E-state index in [1.54, 1.807) is 4.57 Å². The molecule has 0 fully saturated rings. The summed E-state index contributed by atoms with van der Waals surface area (Å²) in [5.41, 5.74) is 5.06. The fraction of sp³-hybridized carbons (Fsp3) is 0.200. The number of anilines is 1. The van der Waals surface area contributed by atoms with Crippen LogP contribution < -0.4 is 19.3 Å². The number of hydrogen-bond acceptors (Lipinski definition) is 7. The molecule has 4 aromatic rings. The number of hydrogen-bond donors (Lipinski definition) is 0. The molecule has 3 aromatic carbocycles. The summed E-state index contributed by atoms with van der Waals surface area (Å²) in [5.74, 6) is 0.704. The van der Waals surface area contributed by atoms with Crippen LogP contribution in [0.15, 0.2) is 94.7 Å². The Balaban J connectivity index is 1.51. The first-order chi connectivity index (χ1) is 19.3. The van der Waals surface area contributed by atoms with Gasteiger partial charge in [-0.1, -0.05) is 66.8 Å². The maximum absolute atomic E-state index is 12.6. The quantitative estimate of drug-likeness (QED) is 0.157. The third-order valence-electron chi connectivity index (χ3n) is 6.53. The summed E-state index contributed by atoms with van der Waals surface area (Å²) < 4.78 is 40.0. The van der Waals surface area contributed by atoms with Crippen LogP contribution in [-0.4, -0.2) is 28.0 Å². The number of allylic oxidation sites excluding steroid dienone is 2. The molecular formula is C30H29N3O5S2. The van der Waals surface area contributed by atoms with Gasteiger partial charge in [-0.25, -0.2) is 0 Å². The van der Waals surface area contributed by atoms with Crippen molar-refractivity contribution < 1.29 is 27.0 Å². The van der Waals surface area contributed by atoms with Gasteiger partial charge in [0.05, 0.1) is 12.8 Å². The van der Waals surface area contributed by atoms with Crippen molar-refractivity contribution in [2.75, 3.05) is 18.6 Å². The fourth-order valence-corrected chi connectivity index (χ4v) is 6.08. The van der Waals surface area contributed by atoms with Crippen LogP contribution in [0.3, 0.4) is 0 Å². The minimum absolute atomic E-state index is 0.239. The van der Waals surface area contributed by atoms with Crippen LogP contribution in [0, 0.1) is 0 Å². The molecule has 8 nitrogen and oxygen atoms in total. The van der Waals surface area contributed by atoms with E-state index < -0.39 is 16.2 Å². The van der Waals surface area contributed by atoms with Gasteiger partial charge in [0, 0.05) is 30.7 Å². The predicted octanol–water partition coefficient (Wildman–Crippen LogP) is 5.06. The second-order valence-corrected chi connectivity index (χ2v) is 11.5. The summed E-state index contributed by atoms with van der Waals surface area (Å²) in [7, 11) is -3.30. The Morgan fingerprint density at radius 3 is 2.55 bits per heavy atom. The molecule has 1 aromatic heterocycles. The molecule has 2 heterocycles. The van der Waals surface area contributed by atoms with Crippen molar-refractivity contribution in [1.29, 1.82) is 0 Å². The van der Waals surface area contributed by atoms with E-state index in [1.807, 2.05) is 60.7 Å². The predicted molar refractivity (Wildman–Crippen MR) is 157 cm³/mol. The van der Waals surface area contributed by atoms with Gasteiger partial charge in [0.2, 0.25) is 11.4 Å². The number of ether oxygens (including phenoxy) is 1. The van der Waals surface area contributed by atoms with E-state index in [0.29, 0.717) is 6.42 Å². The van der Waals surface area contributed by atoms with E-state index in [1.165, 1.54) is 11.3 Å². The summed E-state index contributed by atoms with van der Waals surface area (Å²) in [6.07, 6.45) is 4.73. The second kappa shape index (κ2) is 11.6. The van der Waals surface area contributed by atoms with Gasteiger partial charge in [0.1, 0.15) is 4.70 Å². The number of rotatable bonds is 9. The topological polar surface area (TPSA) is 95.1 Å². The standard InChI is InChI=1S/C30H29N3O5S2/c1-4-21(17-29-32(5-2)25-19-23(15-16-26(25)38-29)22-11-7-6-8-12-22)18-30-33(20-28(34)31-40(35,36)37-3)24-13-9-10-14-27(24)39-30/h6-19H,4-5,20H2,1-3H3. The van der Waals surface area contributed by atoms with Gasteiger partial charge in [-0.05, 0) is 48.2 Å². The van der Waals surface area contributed by atoms with Crippen molar-refractivity contribution in [1.82, 2.24) is 0 Å². The van der Waals surface area contributed by atoms with Crippen molar-refractivity contribution in [2.45, 2.75) is 26.8 Å². The lowest BCUT2D eigenvalue weighted by molar-refractivity contribution is -0.658. The first kappa shape index (κ1) is 27.6. The molecule has 0 amide bonds. The molecule has 0 radical (unpaired) electrons. The highest BCUT2D eigenvalue weighted by molar-refractivity contribution is 7.85. The Morgan fingerprint density at radius 2 is 1.82 bits per heavy atom. The van der Waals surface area contributed by atoms with Crippen LogP contribution in [0.25, 0.3) is 27.4 Å². The summed E-state index contributed by atoms with van der Waals surface area (Å²) in [6, 6.07) is 24.1. The SMILES string of the molecule is CC/C(C=C1Oc2ccc(-c3ccccc3)cc2N1CC)=C\c1sc2ccccc2[n+]1C/C([O-])=N/S(=O)(=O)OC. The number of nitrogens with zero attached hydrogens (tertiary/aromatic N) is 3. The Labute approximate surface area is 238 Å². The highest BCUT2D eigenvalue weighted by Gasteiger charge is 2.26. The molecule has 0 N–H and O–H groups in total. The molecular weight excluding hydrogens is 546 g/mol. The molecule has 10 heteroatoms. The zero-order valence-corrected chi connectivity index (χ0v) is 24.0. The Kier molecular flexibility index (Phi) is 8.02. The first-order valence-electron chi connectivity index (χ1n) is 12.9. The lowest BCUT2D eigenvalue weighted by Gasteiger charge is -2.16. The molecule has 0 spiro atoms. The summed E-state index contributed by atoms with van der Waals surface area (Å²) in [5, 5.41) is 13.3. The molecule has 0 atom stereocenters. The van der Waals surface area contributed by atoms with E-state index in [2.05, 4.69) is 51.6 Å². The van der Waals surface area contributed by atoms with Gasteiger partial charge in [-0.15, -0.1) is 0 Å². The molecule has 0 aliphatic carbocycles. The largest absolute Gasteiger partial charge is 0.857 e. The number of benzene rings is 3. The van der Waals surface area contributed by atoms with Gasteiger partial charge < -0.3 is 14.7 Å². The second-order valence-electron chi connectivity index (χ2n) is 9.02. The Morgan fingerprint density at radius 1 is 1.07 bits per heavy atom. The number of aromatic nitrogens is 1. The van der Waals surface area contributed by atoms with Crippen molar-refractivity contribution in [3.05, 3.63) is 95.3 Å². The van der Waals surface area contributed by atoms with Crippen molar-refractivity contribution >= 4 is 49.5 Å². The third-order valence-corrected chi connectivity index (χ3v) is 8.49. The van der Waals surface area contributed by atoms with Crippen molar-refractivity contribution in [3.8, 4) is 16.9 Å². The lowest BCUT2D eigenvalue weighted by Crippen LogP contribution is -2.43. The summed E-state index contributed by atoms with van der Waals surface area (Å²) in [4.78, 5) is 2.14. The number of fused-ring (bicyclic) bond motifs is 2. The first-order valence-corrected chi connectivity index (χ1v) is 15.0. The van der Waals surface area contributed by atoms with Crippen LogP contribution in [0.5, 0.6) is 5.75 Å². The summed E-state index contributed by atoms with van der Waals surface area (Å²) >= 11 is 1.51. The minimum atomic E-state index is -4.27. The molecule has 0 bridgehead atoms.